The van der Waals surface area contributed by atoms with Gasteiger partial charge in [0, 0.05) is 30.5 Å². The molecule has 0 saturated carbocycles. The van der Waals surface area contributed by atoms with E-state index in [1.807, 2.05) is 0 Å². The quantitative estimate of drug-likeness (QED) is 0.247. The second kappa shape index (κ2) is 8.82. The number of nitrogens with one attached hydrogen (secondary N) is 1. The standard InChI is InChI=1S/C20H14ClF3N4O6/c21-15-5-10-6-16(34-19(30)33-12-3-1-11(2-4-12)28(31)32)18(29)27(9-20(22,23)24)8-14(10)13-7-25-26-17(13)15/h1-5,7,16H,6,8-9H2,(H,25,26)/t16-/m1/s1. The van der Waals surface area contributed by atoms with E-state index in [1.54, 1.807) is 0 Å². The molecule has 2 heterocycles. The summed E-state index contributed by atoms with van der Waals surface area (Å²) in [4.78, 5) is 35.8. The number of aromatic amines is 1. The first kappa shape index (κ1) is 23.3. The number of hydrogen-bond donors (Lipinski definition) is 1. The Labute approximate surface area is 193 Å². The Morgan fingerprint density at radius 3 is 2.68 bits per heavy atom. The number of aromatic nitrogens is 2. The smallest absolute Gasteiger partial charge is 0.420 e. The van der Waals surface area contributed by atoms with E-state index in [0.717, 1.165) is 24.3 Å². The van der Waals surface area contributed by atoms with Crippen LogP contribution >= 0.6 is 11.6 Å². The van der Waals surface area contributed by atoms with Crippen LogP contribution < -0.4 is 4.74 Å². The third-order valence-electron chi connectivity index (χ3n) is 5.09. The monoisotopic (exact) mass is 498 g/mol. The molecule has 2 aromatic carbocycles. The van der Waals surface area contributed by atoms with E-state index in [9.17, 15) is 32.9 Å². The summed E-state index contributed by atoms with van der Waals surface area (Å²) in [7, 11) is 0. The maximum absolute atomic E-state index is 13.2. The Kier molecular flexibility index (Phi) is 6.04. The van der Waals surface area contributed by atoms with Crippen LogP contribution in [0.1, 0.15) is 11.1 Å². The number of nitro groups is 1. The van der Waals surface area contributed by atoms with Crippen LogP contribution in [-0.4, -0.2) is 50.9 Å². The fourth-order valence-electron chi connectivity index (χ4n) is 3.63. The molecule has 0 spiro atoms. The molecule has 0 aliphatic carbocycles. The lowest BCUT2D eigenvalue weighted by Crippen LogP contribution is -2.44. The number of nitrogens with zero attached hydrogens (tertiary/aromatic N) is 3. The number of benzene rings is 2. The van der Waals surface area contributed by atoms with Crippen molar-refractivity contribution in [2.45, 2.75) is 25.2 Å². The summed E-state index contributed by atoms with van der Waals surface area (Å²) < 4.78 is 49.6. The SMILES string of the molecule is O=C(Oc1ccc([N+](=O)[O-])cc1)O[C@@H]1Cc2cc(Cl)c3[nH]ncc3c2CN(CC(F)(F)F)C1=O. The third-order valence-corrected chi connectivity index (χ3v) is 5.39. The summed E-state index contributed by atoms with van der Waals surface area (Å²) in [5.74, 6) is -1.19. The van der Waals surface area contributed by atoms with Crippen LogP contribution in [0.25, 0.3) is 10.9 Å². The van der Waals surface area contributed by atoms with Gasteiger partial charge >= 0.3 is 12.3 Å². The lowest BCUT2D eigenvalue weighted by atomic mass is 9.99. The maximum atomic E-state index is 13.2. The first-order valence-electron chi connectivity index (χ1n) is 9.63. The van der Waals surface area contributed by atoms with Crippen LogP contribution in [0.2, 0.25) is 5.02 Å². The minimum absolute atomic E-state index is 0.118. The van der Waals surface area contributed by atoms with Crippen molar-refractivity contribution in [3.63, 3.8) is 0 Å². The van der Waals surface area contributed by atoms with Gasteiger partial charge in [-0.25, -0.2) is 4.79 Å². The molecule has 1 atom stereocenters. The van der Waals surface area contributed by atoms with Crippen LogP contribution in [0.3, 0.4) is 0 Å². The van der Waals surface area contributed by atoms with Gasteiger partial charge in [0.25, 0.3) is 11.6 Å². The van der Waals surface area contributed by atoms with E-state index in [4.69, 9.17) is 21.1 Å². The van der Waals surface area contributed by atoms with Crippen LogP contribution in [0.5, 0.6) is 5.75 Å². The molecule has 0 fully saturated rings. The number of non-ortho nitro benzene ring substituents is 1. The number of hydrogen-bond acceptors (Lipinski definition) is 7. The number of carbonyl (C=O) groups is 2. The van der Waals surface area contributed by atoms with E-state index in [1.165, 1.54) is 12.3 Å². The summed E-state index contributed by atoms with van der Waals surface area (Å²) in [5.41, 5.74) is 0.948. The first-order chi connectivity index (χ1) is 16.0. The largest absolute Gasteiger partial charge is 0.514 e. The molecule has 0 unspecified atom stereocenters. The molecule has 1 N–H and O–H groups in total. The molecule has 1 aliphatic rings. The molecule has 3 aromatic rings. The van der Waals surface area contributed by atoms with Gasteiger partial charge in [0.15, 0.2) is 6.10 Å². The summed E-state index contributed by atoms with van der Waals surface area (Å²) in [5, 5.41) is 17.9. The number of amides is 1. The van der Waals surface area contributed by atoms with E-state index < -0.39 is 42.4 Å². The van der Waals surface area contributed by atoms with Gasteiger partial charge in [-0.3, -0.25) is 20.0 Å². The van der Waals surface area contributed by atoms with Crippen molar-refractivity contribution < 1.29 is 37.2 Å². The number of rotatable bonds is 4. The second-order valence-electron chi connectivity index (χ2n) is 7.38. The Balaban J connectivity index is 1.61. The summed E-state index contributed by atoms with van der Waals surface area (Å²) >= 11 is 6.23. The van der Waals surface area contributed by atoms with Gasteiger partial charge < -0.3 is 14.4 Å². The van der Waals surface area contributed by atoms with Gasteiger partial charge in [-0.1, -0.05) is 11.6 Å². The topological polar surface area (TPSA) is 128 Å². The molecule has 1 aromatic heterocycles. The molecule has 0 radical (unpaired) electrons. The van der Waals surface area contributed by atoms with Crippen molar-refractivity contribution in [2.24, 2.45) is 0 Å². The van der Waals surface area contributed by atoms with E-state index >= 15 is 0 Å². The third kappa shape index (κ3) is 4.88. The minimum atomic E-state index is -4.70. The molecule has 34 heavy (non-hydrogen) atoms. The zero-order valence-corrected chi connectivity index (χ0v) is 17.7. The van der Waals surface area contributed by atoms with E-state index in [2.05, 4.69) is 10.2 Å². The van der Waals surface area contributed by atoms with Gasteiger partial charge in [0.1, 0.15) is 12.3 Å². The zero-order chi connectivity index (χ0) is 24.6. The van der Waals surface area contributed by atoms with Crippen molar-refractivity contribution in [1.29, 1.82) is 0 Å². The molecule has 4 rings (SSSR count). The Morgan fingerprint density at radius 2 is 2.03 bits per heavy atom. The van der Waals surface area contributed by atoms with Crippen LogP contribution in [-0.2, 0) is 22.5 Å². The van der Waals surface area contributed by atoms with Crippen LogP contribution in [0, 0.1) is 10.1 Å². The number of halogens is 4. The van der Waals surface area contributed by atoms with Gasteiger partial charge in [-0.05, 0) is 29.3 Å². The second-order valence-corrected chi connectivity index (χ2v) is 7.79. The van der Waals surface area contributed by atoms with Gasteiger partial charge in [0.05, 0.1) is 21.7 Å². The van der Waals surface area contributed by atoms with E-state index in [-0.39, 0.29) is 22.9 Å². The predicted octanol–water partition coefficient (Wildman–Crippen LogP) is 4.16. The molecule has 10 nitrogen and oxygen atoms in total. The van der Waals surface area contributed by atoms with Crippen molar-refractivity contribution in [1.82, 2.24) is 15.1 Å². The number of alkyl halides is 3. The highest BCUT2D eigenvalue weighted by Crippen LogP contribution is 2.33. The molecule has 1 amide bonds. The predicted molar refractivity (Wildman–Crippen MR) is 110 cm³/mol. The van der Waals surface area contributed by atoms with E-state index in [0.29, 0.717) is 26.9 Å². The minimum Gasteiger partial charge on any atom is -0.420 e. The molecular formula is C20H14ClF3N4O6. The van der Waals surface area contributed by atoms with Crippen molar-refractivity contribution in [3.05, 3.63) is 62.8 Å². The van der Waals surface area contributed by atoms with Crippen LogP contribution in [0.4, 0.5) is 23.7 Å². The highest BCUT2D eigenvalue weighted by Gasteiger charge is 2.40. The number of fused-ring (bicyclic) bond motifs is 3. The Bertz CT molecular complexity index is 1280. The maximum Gasteiger partial charge on any atom is 0.514 e. The van der Waals surface area contributed by atoms with Gasteiger partial charge in [-0.2, -0.15) is 18.3 Å². The average Bonchev–Trinajstić information content (AvgIpc) is 3.20. The summed E-state index contributed by atoms with van der Waals surface area (Å²) in [6.07, 6.45) is -6.56. The molecule has 0 bridgehead atoms. The Hall–Kier alpha value is -3.87. The molecular weight excluding hydrogens is 485 g/mol. The summed E-state index contributed by atoms with van der Waals surface area (Å²) in [6, 6.07) is 5.90. The molecule has 1 aliphatic heterocycles. The highest BCUT2D eigenvalue weighted by molar-refractivity contribution is 6.35. The van der Waals surface area contributed by atoms with Crippen molar-refractivity contribution >= 4 is 40.3 Å². The van der Waals surface area contributed by atoms with Crippen molar-refractivity contribution in [2.75, 3.05) is 6.54 Å². The van der Waals surface area contributed by atoms with Gasteiger partial charge in [0.2, 0.25) is 0 Å². The Morgan fingerprint density at radius 1 is 1.32 bits per heavy atom. The zero-order valence-electron chi connectivity index (χ0n) is 17.0. The number of ether oxygens (including phenoxy) is 2. The molecule has 0 saturated heterocycles. The normalized spacial score (nSPS) is 16.2. The number of nitro benzene ring substituents is 1. The fourth-order valence-corrected chi connectivity index (χ4v) is 3.90. The first-order valence-corrected chi connectivity index (χ1v) is 10.0. The molecule has 178 valence electrons. The summed E-state index contributed by atoms with van der Waals surface area (Å²) in [6.45, 7) is -1.97. The highest BCUT2D eigenvalue weighted by atomic mass is 35.5. The number of carbonyl (C=O) groups excluding carboxylic acids is 2. The molecule has 14 heteroatoms. The fraction of sp³-hybridized carbons (Fsp3) is 0.250. The van der Waals surface area contributed by atoms with Crippen molar-refractivity contribution in [3.8, 4) is 5.75 Å². The lowest BCUT2D eigenvalue weighted by Gasteiger charge is -2.25. The van der Waals surface area contributed by atoms with Gasteiger partial charge in [-0.15, -0.1) is 0 Å². The average molecular weight is 499 g/mol. The number of H-pyrrole nitrogens is 1. The lowest BCUT2D eigenvalue weighted by molar-refractivity contribution is -0.384. The van der Waals surface area contributed by atoms with Crippen LogP contribution in [0.15, 0.2) is 36.5 Å².